The maximum atomic E-state index is 13.1. The van der Waals surface area contributed by atoms with Gasteiger partial charge in [-0.3, -0.25) is 20.6 Å². The Labute approximate surface area is 163 Å². The molecule has 8 heteroatoms. The van der Waals surface area contributed by atoms with Crippen molar-refractivity contribution in [2.24, 2.45) is 5.92 Å². The molecule has 2 aliphatic heterocycles. The minimum absolute atomic E-state index is 0.0227. The third-order valence-electron chi connectivity index (χ3n) is 5.49. The van der Waals surface area contributed by atoms with Crippen LogP contribution in [0.5, 0.6) is 11.6 Å². The molecule has 2 aliphatic rings. The predicted octanol–water partition coefficient (Wildman–Crippen LogP) is 2.23. The van der Waals surface area contributed by atoms with Gasteiger partial charge in [-0.15, -0.1) is 0 Å². The fourth-order valence-electron chi connectivity index (χ4n) is 3.83. The van der Waals surface area contributed by atoms with Gasteiger partial charge in [0.05, 0.1) is 5.92 Å². The molecule has 2 fully saturated rings. The van der Waals surface area contributed by atoms with Crippen molar-refractivity contribution in [2.45, 2.75) is 31.7 Å². The number of hydrogen-bond donors (Lipinski definition) is 2. The zero-order chi connectivity index (χ0) is 19.5. The molecule has 2 saturated heterocycles. The molecule has 1 aromatic carbocycles. The largest absolute Gasteiger partial charge is 0.437 e. The van der Waals surface area contributed by atoms with Gasteiger partial charge in [-0.05, 0) is 44.0 Å². The molecule has 148 valence electrons. The Kier molecular flexibility index (Phi) is 5.50. The minimum Gasteiger partial charge on any atom is -0.437 e. The van der Waals surface area contributed by atoms with Crippen LogP contribution in [0, 0.1) is 11.7 Å². The number of carbonyl (C=O) groups excluding carboxylic acids is 1. The lowest BCUT2D eigenvalue weighted by molar-refractivity contribution is -0.136. The summed E-state index contributed by atoms with van der Waals surface area (Å²) in [5.41, 5.74) is 6.95. The second-order valence-electron chi connectivity index (χ2n) is 7.32. The lowest BCUT2D eigenvalue weighted by Gasteiger charge is -2.34. The maximum Gasteiger partial charge on any atom is 0.241 e. The van der Waals surface area contributed by atoms with Gasteiger partial charge in [-0.25, -0.2) is 9.37 Å². The second-order valence-corrected chi connectivity index (χ2v) is 7.32. The lowest BCUT2D eigenvalue weighted by Crippen LogP contribution is -2.44. The average Bonchev–Trinajstić information content (AvgIpc) is 3.16. The zero-order valence-electron chi connectivity index (χ0n) is 15.8. The van der Waals surface area contributed by atoms with Crippen molar-refractivity contribution in [2.75, 3.05) is 19.6 Å². The molecule has 0 aliphatic carbocycles. The normalized spacial score (nSPS) is 23.0. The molecule has 2 N–H and O–H groups in total. The number of hydrazine groups is 1. The molecule has 7 nitrogen and oxygen atoms in total. The van der Waals surface area contributed by atoms with Crippen LogP contribution < -0.4 is 15.6 Å². The third-order valence-corrected chi connectivity index (χ3v) is 5.49. The first-order chi connectivity index (χ1) is 13.6. The van der Waals surface area contributed by atoms with Gasteiger partial charge < -0.3 is 9.64 Å². The molecule has 0 radical (unpaired) electrons. The van der Waals surface area contributed by atoms with E-state index in [1.165, 1.54) is 12.1 Å². The number of likely N-dealkylation sites (tertiary alicyclic amines) is 1. The molecule has 0 spiro atoms. The predicted molar refractivity (Wildman–Crippen MR) is 101 cm³/mol. The molecule has 2 unspecified atom stereocenters. The van der Waals surface area contributed by atoms with E-state index >= 15 is 0 Å². The standard InChI is InChI=1S/C20H24FN5O2/c1-13-17(12-24-25-13)20(27)26-10-6-14(7-11-26)18-19(23-9-8-22-18)28-16-4-2-15(21)3-5-16/h2-5,8-9,13-14,17,24-25H,6-7,10-12H2,1H3. The van der Waals surface area contributed by atoms with Gasteiger partial charge in [-0.1, -0.05) is 0 Å². The fourth-order valence-corrected chi connectivity index (χ4v) is 3.83. The number of benzene rings is 1. The summed E-state index contributed by atoms with van der Waals surface area (Å²) >= 11 is 0. The topological polar surface area (TPSA) is 79.4 Å². The Morgan fingerprint density at radius 2 is 1.89 bits per heavy atom. The van der Waals surface area contributed by atoms with Crippen molar-refractivity contribution in [3.8, 4) is 11.6 Å². The van der Waals surface area contributed by atoms with E-state index in [-0.39, 0.29) is 29.6 Å². The molecule has 4 rings (SSSR count). The van der Waals surface area contributed by atoms with Gasteiger partial charge in [0, 0.05) is 44.0 Å². The van der Waals surface area contributed by atoms with Crippen LogP contribution in [0.3, 0.4) is 0 Å². The quantitative estimate of drug-likeness (QED) is 0.840. The van der Waals surface area contributed by atoms with Gasteiger partial charge in [0.1, 0.15) is 17.3 Å². The third kappa shape index (κ3) is 3.98. The van der Waals surface area contributed by atoms with Crippen LogP contribution in [-0.4, -0.2) is 46.5 Å². The maximum absolute atomic E-state index is 13.1. The van der Waals surface area contributed by atoms with Gasteiger partial charge in [0.25, 0.3) is 0 Å². The van der Waals surface area contributed by atoms with Crippen molar-refractivity contribution >= 4 is 5.91 Å². The zero-order valence-corrected chi connectivity index (χ0v) is 15.8. The lowest BCUT2D eigenvalue weighted by atomic mass is 9.92. The number of halogens is 1. The molecule has 1 amide bonds. The van der Waals surface area contributed by atoms with E-state index in [2.05, 4.69) is 20.8 Å². The van der Waals surface area contributed by atoms with Crippen LogP contribution in [0.25, 0.3) is 0 Å². The Balaban J connectivity index is 1.42. The van der Waals surface area contributed by atoms with Gasteiger partial charge in [-0.2, -0.15) is 0 Å². The second kappa shape index (κ2) is 8.20. The SMILES string of the molecule is CC1NNCC1C(=O)N1CCC(c2nccnc2Oc2ccc(F)cc2)CC1. The van der Waals surface area contributed by atoms with E-state index in [9.17, 15) is 9.18 Å². The Morgan fingerprint density at radius 3 is 2.57 bits per heavy atom. The number of carbonyl (C=O) groups is 1. The Morgan fingerprint density at radius 1 is 1.18 bits per heavy atom. The van der Waals surface area contributed by atoms with E-state index in [0.717, 1.165) is 18.5 Å². The summed E-state index contributed by atoms with van der Waals surface area (Å²) in [5.74, 6) is 0.995. The van der Waals surface area contributed by atoms with Crippen molar-refractivity contribution in [1.82, 2.24) is 25.7 Å². The van der Waals surface area contributed by atoms with E-state index in [0.29, 0.717) is 31.3 Å². The van der Waals surface area contributed by atoms with Crippen LogP contribution in [0.2, 0.25) is 0 Å². The number of nitrogens with one attached hydrogen (secondary N) is 2. The highest BCUT2D eigenvalue weighted by Crippen LogP contribution is 2.34. The first kappa shape index (κ1) is 18.8. The van der Waals surface area contributed by atoms with Crippen molar-refractivity contribution in [1.29, 1.82) is 0 Å². The summed E-state index contributed by atoms with van der Waals surface area (Å²) in [7, 11) is 0. The van der Waals surface area contributed by atoms with Crippen molar-refractivity contribution in [3.05, 3.63) is 48.2 Å². The van der Waals surface area contributed by atoms with Gasteiger partial charge >= 0.3 is 0 Å². The molecule has 0 bridgehead atoms. The van der Waals surface area contributed by atoms with Crippen LogP contribution >= 0.6 is 0 Å². The molecule has 2 atom stereocenters. The summed E-state index contributed by atoms with van der Waals surface area (Å²) < 4.78 is 19.0. The highest BCUT2D eigenvalue weighted by Gasteiger charge is 2.35. The molecule has 1 aromatic heterocycles. The van der Waals surface area contributed by atoms with Gasteiger partial charge in [0.15, 0.2) is 0 Å². The van der Waals surface area contributed by atoms with Crippen LogP contribution in [-0.2, 0) is 4.79 Å². The van der Waals surface area contributed by atoms with Gasteiger partial charge in [0.2, 0.25) is 11.8 Å². The molecular weight excluding hydrogens is 361 g/mol. The molecule has 3 heterocycles. The monoisotopic (exact) mass is 385 g/mol. The van der Waals surface area contributed by atoms with E-state index in [1.54, 1.807) is 24.5 Å². The summed E-state index contributed by atoms with van der Waals surface area (Å²) in [5, 5.41) is 0. The Hall–Kier alpha value is -2.58. The summed E-state index contributed by atoms with van der Waals surface area (Å²) in [6.07, 6.45) is 4.86. The van der Waals surface area contributed by atoms with E-state index in [1.807, 2.05) is 11.8 Å². The number of ether oxygens (including phenoxy) is 1. The summed E-state index contributed by atoms with van der Waals surface area (Å²) in [4.78, 5) is 23.5. The fraction of sp³-hybridized carbons (Fsp3) is 0.450. The number of nitrogens with zero attached hydrogens (tertiary/aromatic N) is 3. The minimum atomic E-state index is -0.314. The first-order valence-corrected chi connectivity index (χ1v) is 9.63. The average molecular weight is 385 g/mol. The number of hydrogen-bond acceptors (Lipinski definition) is 6. The molecule has 28 heavy (non-hydrogen) atoms. The summed E-state index contributed by atoms with van der Waals surface area (Å²) in [6.45, 7) is 4.08. The van der Waals surface area contributed by atoms with Crippen molar-refractivity contribution < 1.29 is 13.9 Å². The van der Waals surface area contributed by atoms with E-state index in [4.69, 9.17) is 4.74 Å². The molecule has 0 saturated carbocycles. The number of rotatable bonds is 4. The number of amides is 1. The van der Waals surface area contributed by atoms with Crippen LogP contribution in [0.4, 0.5) is 4.39 Å². The van der Waals surface area contributed by atoms with E-state index < -0.39 is 0 Å². The van der Waals surface area contributed by atoms with Crippen molar-refractivity contribution in [3.63, 3.8) is 0 Å². The number of piperidine rings is 1. The summed E-state index contributed by atoms with van der Waals surface area (Å²) in [6, 6.07) is 5.98. The first-order valence-electron chi connectivity index (χ1n) is 9.63. The highest BCUT2D eigenvalue weighted by molar-refractivity contribution is 5.80. The molecule has 2 aromatic rings. The number of aromatic nitrogens is 2. The highest BCUT2D eigenvalue weighted by atomic mass is 19.1. The van der Waals surface area contributed by atoms with Crippen LogP contribution in [0.15, 0.2) is 36.7 Å². The molecular formula is C20H24FN5O2. The Bertz CT molecular complexity index is 824. The smallest absolute Gasteiger partial charge is 0.241 e. The van der Waals surface area contributed by atoms with Crippen LogP contribution in [0.1, 0.15) is 31.4 Å².